The van der Waals surface area contributed by atoms with Crippen molar-refractivity contribution in [2.24, 2.45) is 5.41 Å². The monoisotopic (exact) mass is 219 g/mol. The van der Waals surface area contributed by atoms with Crippen LogP contribution in [0.2, 0.25) is 0 Å². The van der Waals surface area contributed by atoms with Crippen LogP contribution in [0, 0.1) is 11.2 Å². The van der Waals surface area contributed by atoms with E-state index < -0.39 is 0 Å². The van der Waals surface area contributed by atoms with Crippen LogP contribution in [0.25, 0.3) is 0 Å². The van der Waals surface area contributed by atoms with Crippen molar-refractivity contribution in [2.45, 2.75) is 31.7 Å². The maximum atomic E-state index is 12.9. The predicted octanol–water partition coefficient (Wildman–Crippen LogP) is 2.04. The molecule has 16 heavy (non-hydrogen) atoms. The van der Waals surface area contributed by atoms with Gasteiger partial charge in [-0.05, 0) is 42.4 Å². The molecule has 2 saturated carbocycles. The van der Waals surface area contributed by atoms with Gasteiger partial charge < -0.3 is 5.32 Å². The van der Waals surface area contributed by atoms with Crippen molar-refractivity contribution in [3.63, 3.8) is 0 Å². The van der Waals surface area contributed by atoms with Gasteiger partial charge in [0, 0.05) is 6.04 Å². The predicted molar refractivity (Wildman–Crippen MR) is 58.3 cm³/mol. The first-order valence-electron chi connectivity index (χ1n) is 5.72. The molecule has 1 aromatic carbocycles. The minimum Gasteiger partial charge on any atom is -0.353 e. The van der Waals surface area contributed by atoms with Gasteiger partial charge in [-0.25, -0.2) is 4.39 Å². The molecular formula is C13H14FNO. The summed E-state index contributed by atoms with van der Waals surface area (Å²) in [6.07, 6.45) is 3.95. The molecule has 1 amide bonds. The zero-order valence-corrected chi connectivity index (χ0v) is 9.00. The Kier molecular flexibility index (Phi) is 2.03. The maximum Gasteiger partial charge on any atom is 0.224 e. The summed E-state index contributed by atoms with van der Waals surface area (Å²) < 4.78 is 12.9. The highest BCUT2D eigenvalue weighted by atomic mass is 19.1. The van der Waals surface area contributed by atoms with Crippen LogP contribution in [0.4, 0.5) is 4.39 Å². The lowest BCUT2D eigenvalue weighted by atomic mass is 10.1. The van der Waals surface area contributed by atoms with Crippen LogP contribution in [0.15, 0.2) is 24.3 Å². The summed E-state index contributed by atoms with van der Waals surface area (Å²) >= 11 is 0. The van der Waals surface area contributed by atoms with E-state index in [4.69, 9.17) is 0 Å². The van der Waals surface area contributed by atoms with Crippen molar-refractivity contribution in [3.05, 3.63) is 35.6 Å². The topological polar surface area (TPSA) is 29.1 Å². The van der Waals surface area contributed by atoms with Crippen LogP contribution in [0.1, 0.15) is 24.8 Å². The molecule has 1 aromatic rings. The lowest BCUT2D eigenvalue weighted by Crippen LogP contribution is -2.28. The van der Waals surface area contributed by atoms with Crippen LogP contribution in [0.3, 0.4) is 0 Å². The average molecular weight is 219 g/mol. The molecule has 3 heteroatoms. The highest BCUT2D eigenvalue weighted by Crippen LogP contribution is 2.65. The summed E-state index contributed by atoms with van der Waals surface area (Å²) in [4.78, 5) is 11.7. The molecule has 0 aromatic heterocycles. The zero-order chi connectivity index (χ0) is 11.2. The second-order valence-electron chi connectivity index (χ2n) is 4.99. The number of hydrogen-bond acceptors (Lipinski definition) is 1. The third kappa shape index (κ3) is 1.82. The first-order valence-corrected chi connectivity index (χ1v) is 5.72. The average Bonchev–Trinajstić information content (AvgIpc) is 3.09. The maximum absolute atomic E-state index is 12.9. The quantitative estimate of drug-likeness (QED) is 0.828. The van der Waals surface area contributed by atoms with E-state index in [0.717, 1.165) is 12.0 Å². The lowest BCUT2D eigenvalue weighted by molar-refractivity contribution is -0.120. The van der Waals surface area contributed by atoms with Gasteiger partial charge >= 0.3 is 0 Å². The molecule has 2 aliphatic rings. The molecule has 0 saturated heterocycles. The Balaban J connectivity index is 1.56. The second kappa shape index (κ2) is 3.30. The zero-order valence-electron chi connectivity index (χ0n) is 9.00. The normalized spacial score (nSPS) is 24.2. The first kappa shape index (κ1) is 9.82. The molecule has 1 N–H and O–H groups in total. The Morgan fingerprint density at radius 3 is 2.94 bits per heavy atom. The third-order valence-corrected chi connectivity index (χ3v) is 3.67. The SMILES string of the molecule is O=C(Cc1cccc(F)c1)N[C@H]1CC12CC2. The van der Waals surface area contributed by atoms with Crippen molar-refractivity contribution >= 4 is 5.91 Å². The number of amides is 1. The molecule has 2 fully saturated rings. The van der Waals surface area contributed by atoms with Gasteiger partial charge in [0.15, 0.2) is 0 Å². The standard InChI is InChI=1S/C13H14FNO/c14-10-3-1-2-9(6-10)7-12(16)15-11-8-13(11)4-5-13/h1-3,6,11H,4-5,7-8H2,(H,15,16)/t11-/m0/s1. The number of rotatable bonds is 3. The van der Waals surface area contributed by atoms with E-state index in [0.29, 0.717) is 11.5 Å². The van der Waals surface area contributed by atoms with E-state index in [1.54, 1.807) is 12.1 Å². The van der Waals surface area contributed by atoms with E-state index in [1.807, 2.05) is 0 Å². The van der Waals surface area contributed by atoms with E-state index >= 15 is 0 Å². The molecular weight excluding hydrogens is 205 g/mol. The van der Waals surface area contributed by atoms with Gasteiger partial charge in [-0.2, -0.15) is 0 Å². The van der Waals surface area contributed by atoms with Gasteiger partial charge in [0.1, 0.15) is 5.82 Å². The molecule has 1 atom stereocenters. The third-order valence-electron chi connectivity index (χ3n) is 3.67. The van der Waals surface area contributed by atoms with Crippen LogP contribution in [-0.2, 0) is 11.2 Å². The van der Waals surface area contributed by atoms with Crippen molar-refractivity contribution in [1.82, 2.24) is 5.32 Å². The van der Waals surface area contributed by atoms with Crippen molar-refractivity contribution < 1.29 is 9.18 Å². The fourth-order valence-corrected chi connectivity index (χ4v) is 2.34. The minimum atomic E-state index is -0.282. The summed E-state index contributed by atoms with van der Waals surface area (Å²) in [6.45, 7) is 0. The minimum absolute atomic E-state index is 0.0133. The highest BCUT2D eigenvalue weighted by Gasteiger charge is 2.63. The van der Waals surface area contributed by atoms with Crippen LogP contribution in [-0.4, -0.2) is 11.9 Å². The van der Waals surface area contributed by atoms with Gasteiger partial charge in [-0.3, -0.25) is 4.79 Å². The van der Waals surface area contributed by atoms with E-state index in [9.17, 15) is 9.18 Å². The van der Waals surface area contributed by atoms with Crippen LogP contribution < -0.4 is 5.32 Å². The summed E-state index contributed by atoms with van der Waals surface area (Å²) in [6, 6.07) is 6.62. The molecule has 2 aliphatic carbocycles. The van der Waals surface area contributed by atoms with Gasteiger partial charge in [0.2, 0.25) is 5.91 Å². The summed E-state index contributed by atoms with van der Waals surface area (Å²) in [7, 11) is 0. The van der Waals surface area contributed by atoms with Gasteiger partial charge in [0.05, 0.1) is 6.42 Å². The first-order chi connectivity index (χ1) is 7.68. The Hall–Kier alpha value is -1.38. The molecule has 0 radical (unpaired) electrons. The second-order valence-corrected chi connectivity index (χ2v) is 4.99. The fraction of sp³-hybridized carbons (Fsp3) is 0.462. The Morgan fingerprint density at radius 2 is 2.31 bits per heavy atom. The van der Waals surface area contributed by atoms with E-state index in [2.05, 4.69) is 5.32 Å². The molecule has 0 heterocycles. The molecule has 1 spiro atoms. The largest absolute Gasteiger partial charge is 0.353 e. The fourth-order valence-electron chi connectivity index (χ4n) is 2.34. The Labute approximate surface area is 93.9 Å². The number of carbonyl (C=O) groups is 1. The number of benzene rings is 1. The van der Waals surface area contributed by atoms with E-state index in [-0.39, 0.29) is 18.1 Å². The van der Waals surface area contributed by atoms with Gasteiger partial charge in [0.25, 0.3) is 0 Å². The lowest BCUT2D eigenvalue weighted by Gasteiger charge is -2.04. The highest BCUT2D eigenvalue weighted by molar-refractivity contribution is 5.79. The molecule has 84 valence electrons. The van der Waals surface area contributed by atoms with Gasteiger partial charge in [-0.15, -0.1) is 0 Å². The molecule has 0 unspecified atom stereocenters. The van der Waals surface area contributed by atoms with Crippen LogP contribution in [0.5, 0.6) is 0 Å². The number of halogens is 1. The summed E-state index contributed by atoms with van der Waals surface area (Å²) in [5, 5.41) is 3.01. The Morgan fingerprint density at radius 1 is 1.50 bits per heavy atom. The molecule has 2 nitrogen and oxygen atoms in total. The van der Waals surface area contributed by atoms with E-state index in [1.165, 1.54) is 25.0 Å². The Bertz CT molecular complexity index is 439. The van der Waals surface area contributed by atoms with Crippen molar-refractivity contribution in [3.8, 4) is 0 Å². The number of nitrogens with one attached hydrogen (secondary N) is 1. The van der Waals surface area contributed by atoms with Crippen LogP contribution >= 0.6 is 0 Å². The molecule has 0 aliphatic heterocycles. The number of carbonyl (C=O) groups excluding carboxylic acids is 1. The van der Waals surface area contributed by atoms with Crippen molar-refractivity contribution in [1.29, 1.82) is 0 Å². The van der Waals surface area contributed by atoms with Crippen molar-refractivity contribution in [2.75, 3.05) is 0 Å². The molecule has 3 rings (SSSR count). The summed E-state index contributed by atoms with van der Waals surface area (Å²) in [5.41, 5.74) is 1.22. The number of hydrogen-bond donors (Lipinski definition) is 1. The molecule has 0 bridgehead atoms. The van der Waals surface area contributed by atoms with Gasteiger partial charge in [-0.1, -0.05) is 12.1 Å². The summed E-state index contributed by atoms with van der Waals surface area (Å²) in [5.74, 6) is -0.269. The smallest absolute Gasteiger partial charge is 0.224 e.